The summed E-state index contributed by atoms with van der Waals surface area (Å²) in [6.07, 6.45) is 0. The molecule has 112 valence electrons. The van der Waals surface area contributed by atoms with Crippen LogP contribution in [-0.2, 0) is 4.74 Å². The Bertz CT molecular complexity index is 739. The van der Waals surface area contributed by atoms with Crippen LogP contribution in [-0.4, -0.2) is 31.3 Å². The minimum absolute atomic E-state index is 0.0877. The van der Waals surface area contributed by atoms with Gasteiger partial charge in [0, 0.05) is 24.2 Å². The molecule has 1 fully saturated rings. The lowest BCUT2D eigenvalue weighted by atomic mass is 10.0. The molecule has 6 heteroatoms. The first-order valence-corrected chi connectivity index (χ1v) is 7.26. The fourth-order valence-corrected chi connectivity index (χ4v) is 2.68. The molecular formula is C16H13ClFN3O. The van der Waals surface area contributed by atoms with Gasteiger partial charge in [-0.25, -0.2) is 9.37 Å². The molecule has 0 spiro atoms. The standard InChI is InChI=1S/C16H13ClFN3O/c17-16-13(10-19)12(11-3-1-2-4-14(11)18)9-15(20-16)21-5-7-22-8-6-21/h1-4,9H,5-8H2. The fraction of sp³-hybridized carbons (Fsp3) is 0.250. The lowest BCUT2D eigenvalue weighted by Crippen LogP contribution is -2.36. The molecule has 1 saturated heterocycles. The molecule has 1 aliphatic heterocycles. The van der Waals surface area contributed by atoms with Gasteiger partial charge in [-0.3, -0.25) is 0 Å². The maximum absolute atomic E-state index is 14.1. The molecule has 3 rings (SSSR count). The molecular weight excluding hydrogens is 305 g/mol. The molecule has 1 aromatic heterocycles. The number of morpholine rings is 1. The molecule has 0 N–H and O–H groups in total. The highest BCUT2D eigenvalue weighted by molar-refractivity contribution is 6.31. The van der Waals surface area contributed by atoms with Gasteiger partial charge in [0.25, 0.3) is 0 Å². The van der Waals surface area contributed by atoms with Crippen molar-refractivity contribution in [1.29, 1.82) is 5.26 Å². The zero-order valence-electron chi connectivity index (χ0n) is 11.7. The van der Waals surface area contributed by atoms with Crippen LogP contribution in [0.3, 0.4) is 0 Å². The zero-order valence-corrected chi connectivity index (χ0v) is 12.5. The third kappa shape index (κ3) is 2.76. The van der Waals surface area contributed by atoms with E-state index >= 15 is 0 Å². The van der Waals surface area contributed by atoms with Crippen molar-refractivity contribution in [3.63, 3.8) is 0 Å². The molecule has 0 atom stereocenters. The molecule has 1 aromatic carbocycles. The van der Waals surface area contributed by atoms with Crippen LogP contribution in [0, 0.1) is 17.1 Å². The Labute approximate surface area is 132 Å². The first-order valence-electron chi connectivity index (χ1n) is 6.89. The predicted molar refractivity (Wildman–Crippen MR) is 82.4 cm³/mol. The summed E-state index contributed by atoms with van der Waals surface area (Å²) < 4.78 is 19.4. The molecule has 22 heavy (non-hydrogen) atoms. The van der Waals surface area contributed by atoms with Gasteiger partial charge in [0.2, 0.25) is 0 Å². The third-order valence-corrected chi connectivity index (χ3v) is 3.85. The number of benzene rings is 1. The van der Waals surface area contributed by atoms with Crippen LogP contribution < -0.4 is 4.90 Å². The summed E-state index contributed by atoms with van der Waals surface area (Å²) in [4.78, 5) is 6.29. The van der Waals surface area contributed by atoms with Crippen molar-refractivity contribution in [2.75, 3.05) is 31.2 Å². The van der Waals surface area contributed by atoms with E-state index in [9.17, 15) is 9.65 Å². The topological polar surface area (TPSA) is 49.2 Å². The summed E-state index contributed by atoms with van der Waals surface area (Å²) in [6.45, 7) is 2.58. The molecule has 0 aliphatic carbocycles. The van der Waals surface area contributed by atoms with Crippen molar-refractivity contribution in [3.8, 4) is 17.2 Å². The second-order valence-electron chi connectivity index (χ2n) is 4.88. The number of ether oxygens (including phenoxy) is 1. The monoisotopic (exact) mass is 317 g/mol. The highest BCUT2D eigenvalue weighted by Gasteiger charge is 2.19. The van der Waals surface area contributed by atoms with Gasteiger partial charge in [0.1, 0.15) is 22.9 Å². The number of pyridine rings is 1. The minimum Gasteiger partial charge on any atom is -0.378 e. The molecule has 0 amide bonds. The summed E-state index contributed by atoms with van der Waals surface area (Å²) in [5, 5.41) is 9.41. The van der Waals surface area contributed by atoms with Crippen molar-refractivity contribution in [1.82, 2.24) is 4.98 Å². The normalized spacial score (nSPS) is 14.7. The molecule has 0 radical (unpaired) electrons. The van der Waals surface area contributed by atoms with Crippen molar-refractivity contribution < 1.29 is 9.13 Å². The van der Waals surface area contributed by atoms with Crippen molar-refractivity contribution in [2.24, 2.45) is 0 Å². The minimum atomic E-state index is -0.394. The summed E-state index contributed by atoms with van der Waals surface area (Å²) >= 11 is 6.14. The van der Waals surface area contributed by atoms with Gasteiger partial charge in [-0.15, -0.1) is 0 Å². The largest absolute Gasteiger partial charge is 0.378 e. The smallest absolute Gasteiger partial charge is 0.149 e. The number of nitriles is 1. The molecule has 1 aliphatic rings. The third-order valence-electron chi connectivity index (χ3n) is 3.57. The van der Waals surface area contributed by atoms with Crippen LogP contribution >= 0.6 is 11.6 Å². The summed E-state index contributed by atoms with van der Waals surface area (Å²) in [5.74, 6) is 0.236. The maximum atomic E-state index is 14.1. The van der Waals surface area contributed by atoms with Crippen LogP contribution in [0.2, 0.25) is 5.15 Å². The van der Waals surface area contributed by atoms with Crippen LogP contribution in [0.5, 0.6) is 0 Å². The van der Waals surface area contributed by atoms with Crippen molar-refractivity contribution in [2.45, 2.75) is 0 Å². The van der Waals surface area contributed by atoms with Crippen LogP contribution in [0.1, 0.15) is 5.56 Å². The molecule has 0 unspecified atom stereocenters. The SMILES string of the molecule is N#Cc1c(-c2ccccc2F)cc(N2CCOCC2)nc1Cl. The van der Waals surface area contributed by atoms with E-state index in [-0.39, 0.29) is 10.7 Å². The fourth-order valence-electron chi connectivity index (χ4n) is 2.45. The number of hydrogen-bond donors (Lipinski definition) is 0. The Kier molecular flexibility index (Phi) is 4.23. The van der Waals surface area contributed by atoms with E-state index in [0.29, 0.717) is 43.2 Å². The summed E-state index contributed by atoms with van der Waals surface area (Å²) in [5.41, 5.74) is 0.990. The Morgan fingerprint density at radius 2 is 1.95 bits per heavy atom. The van der Waals surface area contributed by atoms with Crippen molar-refractivity contribution in [3.05, 3.63) is 46.9 Å². The molecule has 2 heterocycles. The second-order valence-corrected chi connectivity index (χ2v) is 5.24. The maximum Gasteiger partial charge on any atom is 0.149 e. The van der Waals surface area contributed by atoms with E-state index in [4.69, 9.17) is 16.3 Å². The van der Waals surface area contributed by atoms with E-state index in [2.05, 4.69) is 4.98 Å². The number of halogens is 2. The number of nitrogens with zero attached hydrogens (tertiary/aromatic N) is 3. The van der Waals surface area contributed by atoms with Gasteiger partial charge < -0.3 is 9.64 Å². The average molecular weight is 318 g/mol. The Balaban J connectivity index is 2.13. The number of rotatable bonds is 2. The van der Waals surface area contributed by atoms with Crippen LogP contribution in [0.15, 0.2) is 30.3 Å². The van der Waals surface area contributed by atoms with Gasteiger partial charge in [0.15, 0.2) is 0 Å². The van der Waals surface area contributed by atoms with Gasteiger partial charge in [-0.1, -0.05) is 29.8 Å². The molecule has 0 saturated carbocycles. The number of hydrogen-bond acceptors (Lipinski definition) is 4. The Morgan fingerprint density at radius 1 is 1.23 bits per heavy atom. The number of anilines is 1. The van der Waals surface area contributed by atoms with Gasteiger partial charge in [-0.05, 0) is 12.1 Å². The van der Waals surface area contributed by atoms with E-state index in [1.165, 1.54) is 6.07 Å². The highest BCUT2D eigenvalue weighted by Crippen LogP contribution is 2.33. The van der Waals surface area contributed by atoms with E-state index in [1.807, 2.05) is 11.0 Å². The lowest BCUT2D eigenvalue weighted by Gasteiger charge is -2.28. The zero-order chi connectivity index (χ0) is 15.5. The Morgan fingerprint density at radius 3 is 2.64 bits per heavy atom. The first-order chi connectivity index (χ1) is 10.7. The average Bonchev–Trinajstić information content (AvgIpc) is 2.55. The van der Waals surface area contributed by atoms with E-state index in [0.717, 1.165) is 0 Å². The molecule has 0 bridgehead atoms. The lowest BCUT2D eigenvalue weighted by molar-refractivity contribution is 0.122. The number of aromatic nitrogens is 1. The first kappa shape index (κ1) is 14.8. The second kappa shape index (κ2) is 6.30. The van der Waals surface area contributed by atoms with Gasteiger partial charge in [-0.2, -0.15) is 5.26 Å². The highest BCUT2D eigenvalue weighted by atomic mass is 35.5. The molecule has 2 aromatic rings. The van der Waals surface area contributed by atoms with Gasteiger partial charge >= 0.3 is 0 Å². The van der Waals surface area contributed by atoms with Gasteiger partial charge in [0.05, 0.1) is 18.8 Å². The summed E-state index contributed by atoms with van der Waals surface area (Å²) in [7, 11) is 0. The van der Waals surface area contributed by atoms with E-state index < -0.39 is 5.82 Å². The quantitative estimate of drug-likeness (QED) is 0.798. The molecule has 4 nitrogen and oxygen atoms in total. The Hall–Kier alpha value is -2.16. The summed E-state index contributed by atoms with van der Waals surface area (Å²) in [6, 6.07) is 10.1. The van der Waals surface area contributed by atoms with Crippen LogP contribution in [0.4, 0.5) is 10.2 Å². The van der Waals surface area contributed by atoms with Crippen LogP contribution in [0.25, 0.3) is 11.1 Å². The predicted octanol–water partition coefficient (Wildman–Crippen LogP) is 3.25. The van der Waals surface area contributed by atoms with E-state index in [1.54, 1.807) is 24.3 Å². The van der Waals surface area contributed by atoms with Crippen molar-refractivity contribution >= 4 is 17.4 Å².